The largest absolute Gasteiger partial charge is 0.383 e. The average molecular weight is 250 g/mol. The Morgan fingerprint density at radius 3 is 2.67 bits per heavy atom. The van der Waals surface area contributed by atoms with E-state index in [2.05, 4.69) is 56.4 Å². The van der Waals surface area contributed by atoms with Gasteiger partial charge >= 0.3 is 0 Å². The van der Waals surface area contributed by atoms with E-state index in [-0.39, 0.29) is 0 Å². The van der Waals surface area contributed by atoms with E-state index >= 15 is 0 Å². The third kappa shape index (κ3) is 4.96. The summed E-state index contributed by atoms with van der Waals surface area (Å²) in [5.74, 6) is 0. The second kappa shape index (κ2) is 7.98. The van der Waals surface area contributed by atoms with E-state index in [9.17, 15) is 0 Å². The van der Waals surface area contributed by atoms with Crippen molar-refractivity contribution in [2.75, 3.05) is 44.1 Å². The lowest BCUT2D eigenvalue weighted by molar-refractivity contribution is 0.141. The number of hydrogen-bond donors (Lipinski definition) is 1. The van der Waals surface area contributed by atoms with Gasteiger partial charge in [-0.2, -0.15) is 0 Å². The Bertz CT molecular complexity index is 350. The second-order valence-corrected chi connectivity index (χ2v) is 4.79. The summed E-state index contributed by atoms with van der Waals surface area (Å²) >= 11 is 0. The van der Waals surface area contributed by atoms with E-state index in [0.717, 1.165) is 31.9 Å². The van der Waals surface area contributed by atoms with Crippen molar-refractivity contribution in [1.29, 1.82) is 0 Å². The van der Waals surface area contributed by atoms with Gasteiger partial charge in [-0.1, -0.05) is 19.4 Å². The van der Waals surface area contributed by atoms with Crippen LogP contribution in [0.15, 0.2) is 18.2 Å². The number of rotatable bonds is 8. The van der Waals surface area contributed by atoms with Gasteiger partial charge in [0, 0.05) is 38.6 Å². The van der Waals surface area contributed by atoms with Crippen LogP contribution < -0.4 is 10.2 Å². The summed E-state index contributed by atoms with van der Waals surface area (Å²) in [6, 6.07) is 6.45. The molecular weight excluding hydrogens is 224 g/mol. The molecule has 1 aromatic carbocycles. The zero-order chi connectivity index (χ0) is 13.4. The van der Waals surface area contributed by atoms with Crippen molar-refractivity contribution in [2.24, 2.45) is 0 Å². The fourth-order valence-corrected chi connectivity index (χ4v) is 1.82. The van der Waals surface area contributed by atoms with Crippen molar-refractivity contribution >= 4 is 11.4 Å². The van der Waals surface area contributed by atoms with Crippen molar-refractivity contribution in [3.63, 3.8) is 0 Å². The molecule has 0 fully saturated rings. The SMILES string of the molecule is CCCCOCCNc1ccc(C)c(N(C)C)c1. The number of hydrogen-bond acceptors (Lipinski definition) is 3. The van der Waals surface area contributed by atoms with Crippen LogP contribution in [0, 0.1) is 6.92 Å². The lowest BCUT2D eigenvalue weighted by atomic mass is 10.1. The highest BCUT2D eigenvalue weighted by atomic mass is 16.5. The predicted molar refractivity (Wildman–Crippen MR) is 79.7 cm³/mol. The van der Waals surface area contributed by atoms with Gasteiger partial charge in [0.1, 0.15) is 0 Å². The van der Waals surface area contributed by atoms with Gasteiger partial charge in [-0.15, -0.1) is 0 Å². The summed E-state index contributed by atoms with van der Waals surface area (Å²) in [6.45, 7) is 6.81. The van der Waals surface area contributed by atoms with E-state index in [0.29, 0.717) is 0 Å². The highest BCUT2D eigenvalue weighted by Gasteiger charge is 2.01. The molecule has 3 nitrogen and oxygen atoms in total. The molecule has 0 saturated heterocycles. The third-order valence-electron chi connectivity index (χ3n) is 2.91. The van der Waals surface area contributed by atoms with Crippen LogP contribution in [-0.2, 0) is 4.74 Å². The Kier molecular flexibility index (Phi) is 6.58. The quantitative estimate of drug-likeness (QED) is 0.717. The summed E-state index contributed by atoms with van der Waals surface area (Å²) < 4.78 is 5.52. The van der Waals surface area contributed by atoms with Gasteiger partial charge in [-0.3, -0.25) is 0 Å². The molecule has 0 aliphatic heterocycles. The normalized spacial score (nSPS) is 10.4. The van der Waals surface area contributed by atoms with Crippen LogP contribution in [-0.4, -0.2) is 33.9 Å². The monoisotopic (exact) mass is 250 g/mol. The van der Waals surface area contributed by atoms with Gasteiger partial charge in [-0.25, -0.2) is 0 Å². The summed E-state index contributed by atoms with van der Waals surface area (Å²) in [4.78, 5) is 2.14. The summed E-state index contributed by atoms with van der Waals surface area (Å²) in [5, 5.41) is 3.39. The number of benzene rings is 1. The first-order chi connectivity index (χ1) is 8.65. The minimum atomic E-state index is 0.769. The van der Waals surface area contributed by atoms with Crippen LogP contribution in [0.5, 0.6) is 0 Å². The summed E-state index contributed by atoms with van der Waals surface area (Å²) in [5.41, 5.74) is 3.71. The Morgan fingerprint density at radius 1 is 1.22 bits per heavy atom. The third-order valence-corrected chi connectivity index (χ3v) is 2.91. The van der Waals surface area contributed by atoms with Gasteiger partial charge in [0.05, 0.1) is 6.61 Å². The van der Waals surface area contributed by atoms with Crippen molar-refractivity contribution in [3.8, 4) is 0 Å². The van der Waals surface area contributed by atoms with Crippen LogP contribution >= 0.6 is 0 Å². The number of nitrogens with zero attached hydrogens (tertiary/aromatic N) is 1. The second-order valence-electron chi connectivity index (χ2n) is 4.79. The van der Waals surface area contributed by atoms with Crippen LogP contribution in [0.2, 0.25) is 0 Å². The van der Waals surface area contributed by atoms with Crippen molar-refractivity contribution in [2.45, 2.75) is 26.7 Å². The molecule has 0 amide bonds. The van der Waals surface area contributed by atoms with Gasteiger partial charge in [0.15, 0.2) is 0 Å². The fourth-order valence-electron chi connectivity index (χ4n) is 1.82. The smallest absolute Gasteiger partial charge is 0.0639 e. The molecule has 1 N–H and O–H groups in total. The van der Waals surface area contributed by atoms with Crippen LogP contribution in [0.25, 0.3) is 0 Å². The fraction of sp³-hybridized carbons (Fsp3) is 0.600. The molecule has 0 radical (unpaired) electrons. The molecule has 0 heterocycles. The first-order valence-electron chi connectivity index (χ1n) is 6.74. The van der Waals surface area contributed by atoms with Crippen LogP contribution in [0.3, 0.4) is 0 Å². The first kappa shape index (κ1) is 14.8. The lowest BCUT2D eigenvalue weighted by Crippen LogP contribution is -2.13. The molecular formula is C15H26N2O. The van der Waals surface area contributed by atoms with Gasteiger partial charge in [0.2, 0.25) is 0 Å². The summed E-state index contributed by atoms with van der Waals surface area (Å²) in [7, 11) is 4.14. The predicted octanol–water partition coefficient (Wildman–Crippen LogP) is 3.29. The molecule has 0 atom stereocenters. The van der Waals surface area contributed by atoms with Gasteiger partial charge in [0.25, 0.3) is 0 Å². The van der Waals surface area contributed by atoms with Crippen LogP contribution in [0.1, 0.15) is 25.3 Å². The number of ether oxygens (including phenoxy) is 1. The first-order valence-corrected chi connectivity index (χ1v) is 6.74. The molecule has 1 rings (SSSR count). The highest BCUT2D eigenvalue weighted by Crippen LogP contribution is 2.22. The molecule has 0 spiro atoms. The molecule has 0 aliphatic carbocycles. The Balaban J connectivity index is 2.36. The van der Waals surface area contributed by atoms with Gasteiger partial charge < -0.3 is 15.0 Å². The van der Waals surface area contributed by atoms with Crippen molar-refractivity contribution in [1.82, 2.24) is 0 Å². The Morgan fingerprint density at radius 2 is 2.00 bits per heavy atom. The van der Waals surface area contributed by atoms with E-state index in [4.69, 9.17) is 4.74 Å². The van der Waals surface area contributed by atoms with E-state index in [1.54, 1.807) is 0 Å². The standard InChI is InChI=1S/C15H26N2O/c1-5-6-10-18-11-9-16-14-8-7-13(2)15(12-14)17(3)4/h7-8,12,16H,5-6,9-11H2,1-4H3. The maximum absolute atomic E-state index is 5.52. The van der Waals surface area contributed by atoms with E-state index in [1.165, 1.54) is 17.7 Å². The number of unbranched alkanes of at least 4 members (excludes halogenated alkanes) is 1. The topological polar surface area (TPSA) is 24.5 Å². The van der Waals surface area contributed by atoms with Gasteiger partial charge in [-0.05, 0) is 31.0 Å². The van der Waals surface area contributed by atoms with Crippen LogP contribution in [0.4, 0.5) is 11.4 Å². The van der Waals surface area contributed by atoms with Crippen molar-refractivity contribution in [3.05, 3.63) is 23.8 Å². The molecule has 1 aromatic rings. The molecule has 18 heavy (non-hydrogen) atoms. The average Bonchev–Trinajstić information content (AvgIpc) is 2.35. The van der Waals surface area contributed by atoms with E-state index in [1.807, 2.05) is 0 Å². The molecule has 0 aromatic heterocycles. The number of nitrogens with one attached hydrogen (secondary N) is 1. The summed E-state index contributed by atoms with van der Waals surface area (Å²) in [6.07, 6.45) is 2.34. The lowest BCUT2D eigenvalue weighted by Gasteiger charge is -2.17. The maximum Gasteiger partial charge on any atom is 0.0639 e. The molecule has 3 heteroatoms. The maximum atomic E-state index is 5.52. The Labute approximate surface area is 111 Å². The zero-order valence-electron chi connectivity index (χ0n) is 12.1. The molecule has 0 aliphatic rings. The minimum Gasteiger partial charge on any atom is -0.383 e. The molecule has 0 unspecified atom stereocenters. The molecule has 0 saturated carbocycles. The molecule has 102 valence electrons. The number of aryl methyl sites for hydroxylation is 1. The Hall–Kier alpha value is -1.22. The van der Waals surface area contributed by atoms with Crippen molar-refractivity contribution < 1.29 is 4.74 Å². The minimum absolute atomic E-state index is 0.769. The number of anilines is 2. The molecule has 0 bridgehead atoms. The highest BCUT2D eigenvalue weighted by molar-refractivity contribution is 5.61. The zero-order valence-corrected chi connectivity index (χ0v) is 12.1. The van der Waals surface area contributed by atoms with E-state index < -0.39 is 0 Å².